The number of aromatic hydroxyl groups is 1. The van der Waals surface area contributed by atoms with E-state index in [9.17, 15) is 5.11 Å². The van der Waals surface area contributed by atoms with Crippen molar-refractivity contribution in [2.24, 2.45) is 5.73 Å². The SMILES string of the molecule is CC1(c2ccc(O)cc2)NN2C=CC=CC2=C1N. The highest BCUT2D eigenvalue weighted by molar-refractivity contribution is 5.45. The highest BCUT2D eigenvalue weighted by Gasteiger charge is 2.39. The molecule has 2 heterocycles. The number of phenolic OH excluding ortho intramolecular Hbond substituents is 1. The summed E-state index contributed by atoms with van der Waals surface area (Å²) in [5.74, 6) is 0.254. The van der Waals surface area contributed by atoms with E-state index in [2.05, 4.69) is 5.43 Å². The summed E-state index contributed by atoms with van der Waals surface area (Å²) >= 11 is 0. The van der Waals surface area contributed by atoms with Gasteiger partial charge in [-0.1, -0.05) is 18.2 Å². The van der Waals surface area contributed by atoms with E-state index in [4.69, 9.17) is 5.73 Å². The molecule has 2 aliphatic rings. The number of nitrogens with one attached hydrogen (secondary N) is 1. The Hall–Kier alpha value is -2.20. The van der Waals surface area contributed by atoms with Crippen molar-refractivity contribution in [3.8, 4) is 5.75 Å². The Morgan fingerprint density at radius 2 is 1.94 bits per heavy atom. The molecule has 0 fully saturated rings. The van der Waals surface area contributed by atoms with Gasteiger partial charge in [-0.2, -0.15) is 0 Å². The lowest BCUT2D eigenvalue weighted by Gasteiger charge is -2.28. The van der Waals surface area contributed by atoms with E-state index < -0.39 is 5.54 Å². The first-order chi connectivity index (χ1) is 8.61. The van der Waals surface area contributed by atoms with Gasteiger partial charge in [0.1, 0.15) is 11.3 Å². The van der Waals surface area contributed by atoms with Crippen LogP contribution in [0.3, 0.4) is 0 Å². The van der Waals surface area contributed by atoms with Crippen LogP contribution in [0.1, 0.15) is 12.5 Å². The maximum atomic E-state index is 9.36. The molecule has 2 aliphatic heterocycles. The number of hydrogen-bond donors (Lipinski definition) is 3. The van der Waals surface area contributed by atoms with E-state index in [1.165, 1.54) is 0 Å². The molecule has 3 rings (SSSR count). The number of hydrogen-bond acceptors (Lipinski definition) is 4. The fraction of sp³-hybridized carbons (Fsp3) is 0.143. The zero-order valence-corrected chi connectivity index (χ0v) is 10.1. The number of fused-ring (bicyclic) bond motifs is 1. The lowest BCUT2D eigenvalue weighted by molar-refractivity contribution is 0.281. The maximum absolute atomic E-state index is 9.36. The molecule has 4 nitrogen and oxygen atoms in total. The Balaban J connectivity index is 2.07. The summed E-state index contributed by atoms with van der Waals surface area (Å²) in [6.07, 6.45) is 7.83. The van der Waals surface area contributed by atoms with Crippen molar-refractivity contribution in [2.45, 2.75) is 12.5 Å². The largest absolute Gasteiger partial charge is 0.508 e. The van der Waals surface area contributed by atoms with Crippen LogP contribution in [0.25, 0.3) is 0 Å². The first kappa shape index (κ1) is 10.9. The lowest BCUT2D eigenvalue weighted by Crippen LogP contribution is -2.43. The third-order valence-corrected chi connectivity index (χ3v) is 3.46. The molecule has 18 heavy (non-hydrogen) atoms. The highest BCUT2D eigenvalue weighted by Crippen LogP contribution is 2.36. The van der Waals surface area contributed by atoms with E-state index in [1.807, 2.05) is 48.5 Å². The predicted octanol–water partition coefficient (Wildman–Crippen LogP) is 1.68. The smallest absolute Gasteiger partial charge is 0.115 e. The fourth-order valence-corrected chi connectivity index (χ4v) is 2.33. The van der Waals surface area contributed by atoms with Crippen LogP contribution in [-0.4, -0.2) is 10.1 Å². The minimum atomic E-state index is -0.456. The van der Waals surface area contributed by atoms with Crippen LogP contribution in [0.4, 0.5) is 0 Å². The van der Waals surface area contributed by atoms with Gasteiger partial charge < -0.3 is 10.8 Å². The molecule has 92 valence electrons. The quantitative estimate of drug-likeness (QED) is 0.700. The number of hydrazine groups is 1. The van der Waals surface area contributed by atoms with Gasteiger partial charge in [-0.25, -0.2) is 5.43 Å². The summed E-state index contributed by atoms with van der Waals surface area (Å²) < 4.78 is 0. The van der Waals surface area contributed by atoms with E-state index >= 15 is 0 Å². The third kappa shape index (κ3) is 1.43. The number of phenols is 1. The van der Waals surface area contributed by atoms with E-state index in [0.29, 0.717) is 0 Å². The number of nitrogens with two attached hydrogens (primary N) is 1. The number of benzene rings is 1. The summed E-state index contributed by atoms with van der Waals surface area (Å²) in [6.45, 7) is 2.03. The summed E-state index contributed by atoms with van der Waals surface area (Å²) in [6, 6.07) is 7.09. The molecule has 1 aromatic carbocycles. The summed E-state index contributed by atoms with van der Waals surface area (Å²) in [4.78, 5) is 0. The fourth-order valence-electron chi connectivity index (χ4n) is 2.33. The average molecular weight is 241 g/mol. The van der Waals surface area contributed by atoms with Gasteiger partial charge in [0, 0.05) is 6.20 Å². The number of nitrogens with zero attached hydrogens (tertiary/aromatic N) is 1. The van der Waals surface area contributed by atoms with Crippen molar-refractivity contribution >= 4 is 0 Å². The van der Waals surface area contributed by atoms with Crippen molar-refractivity contribution in [2.75, 3.05) is 0 Å². The topological polar surface area (TPSA) is 61.5 Å². The molecular weight excluding hydrogens is 226 g/mol. The zero-order valence-electron chi connectivity index (χ0n) is 10.1. The Bertz CT molecular complexity index is 571. The van der Waals surface area contributed by atoms with Crippen LogP contribution in [0.5, 0.6) is 5.75 Å². The van der Waals surface area contributed by atoms with Gasteiger partial charge in [0.05, 0.1) is 11.4 Å². The average Bonchev–Trinajstić information content (AvgIpc) is 2.64. The Morgan fingerprint density at radius 3 is 2.61 bits per heavy atom. The number of rotatable bonds is 1. The van der Waals surface area contributed by atoms with Gasteiger partial charge >= 0.3 is 0 Å². The van der Waals surface area contributed by atoms with Gasteiger partial charge in [-0.05, 0) is 36.8 Å². The molecule has 0 aliphatic carbocycles. The third-order valence-electron chi connectivity index (χ3n) is 3.46. The van der Waals surface area contributed by atoms with E-state index in [0.717, 1.165) is 17.0 Å². The molecule has 0 amide bonds. The summed E-state index contributed by atoms with van der Waals surface area (Å²) in [5.41, 5.74) is 11.9. The van der Waals surface area contributed by atoms with Crippen LogP contribution in [0.2, 0.25) is 0 Å². The summed E-state index contributed by atoms with van der Waals surface area (Å²) in [7, 11) is 0. The standard InChI is InChI=1S/C14H15N3O/c1-14(10-5-7-11(18)8-6-10)13(15)12-4-2-3-9-17(12)16-14/h2-9,16,18H,15H2,1H3. The second-order valence-electron chi connectivity index (χ2n) is 4.65. The molecule has 0 spiro atoms. The molecule has 1 aromatic rings. The minimum absolute atomic E-state index is 0.254. The van der Waals surface area contributed by atoms with Crippen molar-refractivity contribution in [3.63, 3.8) is 0 Å². The molecule has 0 saturated heterocycles. The Kier molecular flexibility index (Phi) is 2.21. The first-order valence-corrected chi connectivity index (χ1v) is 5.83. The molecule has 1 atom stereocenters. The van der Waals surface area contributed by atoms with Gasteiger partial charge in [-0.3, -0.25) is 5.01 Å². The van der Waals surface area contributed by atoms with Crippen LogP contribution >= 0.6 is 0 Å². The molecule has 0 saturated carbocycles. The minimum Gasteiger partial charge on any atom is -0.508 e. The molecule has 0 radical (unpaired) electrons. The molecular formula is C14H15N3O. The molecule has 4 N–H and O–H groups in total. The van der Waals surface area contributed by atoms with Crippen molar-refractivity contribution in [1.82, 2.24) is 10.4 Å². The van der Waals surface area contributed by atoms with Gasteiger partial charge in [0.25, 0.3) is 0 Å². The number of allylic oxidation sites excluding steroid dienone is 3. The van der Waals surface area contributed by atoms with Crippen LogP contribution in [0.15, 0.2) is 60.1 Å². The molecule has 0 aromatic heterocycles. The Labute approximate surface area is 106 Å². The predicted molar refractivity (Wildman–Crippen MR) is 69.9 cm³/mol. The van der Waals surface area contributed by atoms with Crippen molar-refractivity contribution in [1.29, 1.82) is 0 Å². The summed E-state index contributed by atoms with van der Waals surface area (Å²) in [5, 5.41) is 11.3. The highest BCUT2D eigenvalue weighted by atomic mass is 16.3. The monoisotopic (exact) mass is 241 g/mol. The van der Waals surface area contributed by atoms with E-state index in [-0.39, 0.29) is 5.75 Å². The molecule has 1 unspecified atom stereocenters. The maximum Gasteiger partial charge on any atom is 0.115 e. The van der Waals surface area contributed by atoms with Crippen LogP contribution < -0.4 is 11.2 Å². The Morgan fingerprint density at radius 1 is 1.22 bits per heavy atom. The van der Waals surface area contributed by atoms with Crippen LogP contribution in [-0.2, 0) is 5.54 Å². The first-order valence-electron chi connectivity index (χ1n) is 5.83. The zero-order chi connectivity index (χ0) is 12.8. The van der Waals surface area contributed by atoms with Gasteiger partial charge in [0.15, 0.2) is 0 Å². The second-order valence-corrected chi connectivity index (χ2v) is 4.65. The van der Waals surface area contributed by atoms with Crippen LogP contribution in [0, 0.1) is 0 Å². The molecule has 0 bridgehead atoms. The second kappa shape index (κ2) is 3.65. The molecule has 4 heteroatoms. The van der Waals surface area contributed by atoms with E-state index in [1.54, 1.807) is 12.1 Å². The van der Waals surface area contributed by atoms with Crippen molar-refractivity contribution < 1.29 is 5.11 Å². The van der Waals surface area contributed by atoms with Gasteiger partial charge in [-0.15, -0.1) is 0 Å². The van der Waals surface area contributed by atoms with Crippen molar-refractivity contribution in [3.05, 3.63) is 65.7 Å². The lowest BCUT2D eigenvalue weighted by atomic mass is 9.89. The normalized spacial score (nSPS) is 25.7. The van der Waals surface area contributed by atoms with Gasteiger partial charge in [0.2, 0.25) is 0 Å².